The Morgan fingerprint density at radius 3 is 2.50 bits per heavy atom. The zero-order valence-electron chi connectivity index (χ0n) is 9.71. The van der Waals surface area contributed by atoms with Crippen LogP contribution in [0.1, 0.15) is 19.5 Å². The Hall–Kier alpha value is -1.20. The highest BCUT2D eigenvalue weighted by molar-refractivity contribution is 9.10. The quantitative estimate of drug-likeness (QED) is 0.697. The molecule has 1 aromatic carbocycles. The van der Waals surface area contributed by atoms with Crippen LogP contribution in [-0.2, 0) is 12.5 Å². The molecule has 16 heavy (non-hydrogen) atoms. The minimum atomic E-state index is -0.271. The Kier molecular flexibility index (Phi) is 2.59. The van der Waals surface area contributed by atoms with E-state index in [1.807, 2.05) is 12.1 Å². The second-order valence-electron chi connectivity index (χ2n) is 4.51. The van der Waals surface area contributed by atoms with Gasteiger partial charge in [-0.15, -0.1) is 6.42 Å². The van der Waals surface area contributed by atoms with Crippen molar-refractivity contribution < 1.29 is 0 Å². The SMILES string of the molecule is C#CC(C)(C)c1c(Br)c2ccccc2n1C. The van der Waals surface area contributed by atoms with Gasteiger partial charge in [-0.3, -0.25) is 0 Å². The average molecular weight is 276 g/mol. The summed E-state index contributed by atoms with van der Waals surface area (Å²) < 4.78 is 3.27. The summed E-state index contributed by atoms with van der Waals surface area (Å²) in [5.74, 6) is 2.85. The fourth-order valence-electron chi connectivity index (χ4n) is 2.11. The molecule has 0 amide bonds. The van der Waals surface area contributed by atoms with Gasteiger partial charge in [0.2, 0.25) is 0 Å². The predicted octanol–water partition coefficient (Wildman–Crippen LogP) is 3.85. The number of halogens is 1. The fourth-order valence-corrected chi connectivity index (χ4v) is 3.21. The molecular formula is C14H14BrN. The van der Waals surface area contributed by atoms with Crippen molar-refractivity contribution in [2.24, 2.45) is 7.05 Å². The molecule has 1 nitrogen and oxygen atoms in total. The summed E-state index contributed by atoms with van der Waals surface area (Å²) in [6, 6.07) is 8.30. The van der Waals surface area contributed by atoms with E-state index in [9.17, 15) is 0 Å². The lowest BCUT2D eigenvalue weighted by Crippen LogP contribution is -2.18. The lowest BCUT2D eigenvalue weighted by Gasteiger charge is -2.19. The number of aryl methyl sites for hydroxylation is 1. The van der Waals surface area contributed by atoms with Crippen LogP contribution in [0.2, 0.25) is 0 Å². The van der Waals surface area contributed by atoms with Crippen LogP contribution >= 0.6 is 15.9 Å². The molecule has 0 spiro atoms. The molecule has 0 aliphatic carbocycles. The number of nitrogens with zero attached hydrogens (tertiary/aromatic N) is 1. The molecule has 1 heterocycles. The third-order valence-corrected chi connectivity index (χ3v) is 3.80. The molecule has 2 aromatic rings. The van der Waals surface area contributed by atoms with E-state index in [1.165, 1.54) is 10.9 Å². The highest BCUT2D eigenvalue weighted by Crippen LogP contribution is 2.37. The molecule has 0 saturated heterocycles. The van der Waals surface area contributed by atoms with Crippen LogP contribution in [0.25, 0.3) is 10.9 Å². The number of aromatic nitrogens is 1. The van der Waals surface area contributed by atoms with Gasteiger partial charge in [0, 0.05) is 22.4 Å². The molecule has 1 aromatic heterocycles. The highest BCUT2D eigenvalue weighted by atomic mass is 79.9. The fraction of sp³-hybridized carbons (Fsp3) is 0.286. The van der Waals surface area contributed by atoms with Gasteiger partial charge >= 0.3 is 0 Å². The zero-order valence-corrected chi connectivity index (χ0v) is 11.3. The molecule has 0 N–H and O–H groups in total. The van der Waals surface area contributed by atoms with E-state index in [0.717, 1.165) is 10.2 Å². The van der Waals surface area contributed by atoms with E-state index >= 15 is 0 Å². The smallest absolute Gasteiger partial charge is 0.0667 e. The van der Waals surface area contributed by atoms with Crippen LogP contribution in [0.3, 0.4) is 0 Å². The van der Waals surface area contributed by atoms with Crippen LogP contribution in [0.4, 0.5) is 0 Å². The van der Waals surface area contributed by atoms with Gasteiger partial charge in [0.15, 0.2) is 0 Å². The minimum Gasteiger partial charge on any atom is -0.345 e. The van der Waals surface area contributed by atoms with Crippen LogP contribution in [0, 0.1) is 12.3 Å². The molecule has 2 heteroatoms. The third-order valence-electron chi connectivity index (χ3n) is 3.00. The van der Waals surface area contributed by atoms with Crippen molar-refractivity contribution in [2.45, 2.75) is 19.3 Å². The van der Waals surface area contributed by atoms with Crippen molar-refractivity contribution in [3.63, 3.8) is 0 Å². The van der Waals surface area contributed by atoms with Crippen molar-refractivity contribution in [1.82, 2.24) is 4.57 Å². The van der Waals surface area contributed by atoms with Gasteiger partial charge in [0.05, 0.1) is 11.1 Å². The number of rotatable bonds is 1. The van der Waals surface area contributed by atoms with E-state index in [4.69, 9.17) is 6.42 Å². The summed E-state index contributed by atoms with van der Waals surface area (Å²) in [7, 11) is 2.06. The first kappa shape index (κ1) is 11.3. The van der Waals surface area contributed by atoms with Crippen molar-refractivity contribution in [1.29, 1.82) is 0 Å². The van der Waals surface area contributed by atoms with Crippen LogP contribution in [0.5, 0.6) is 0 Å². The maximum Gasteiger partial charge on any atom is 0.0667 e. The molecule has 0 radical (unpaired) electrons. The summed E-state index contributed by atoms with van der Waals surface area (Å²) in [5.41, 5.74) is 2.08. The van der Waals surface area contributed by atoms with Gasteiger partial charge in [-0.25, -0.2) is 0 Å². The number of fused-ring (bicyclic) bond motifs is 1. The Morgan fingerprint density at radius 1 is 1.31 bits per heavy atom. The van der Waals surface area contributed by atoms with Crippen molar-refractivity contribution >= 4 is 26.8 Å². The largest absolute Gasteiger partial charge is 0.345 e. The second kappa shape index (κ2) is 3.68. The second-order valence-corrected chi connectivity index (χ2v) is 5.30. The maximum atomic E-state index is 5.61. The van der Waals surface area contributed by atoms with Crippen LogP contribution in [0.15, 0.2) is 28.7 Å². The van der Waals surface area contributed by atoms with Crippen LogP contribution in [-0.4, -0.2) is 4.57 Å². The number of hydrogen-bond acceptors (Lipinski definition) is 0. The Balaban J connectivity index is 2.88. The summed E-state index contributed by atoms with van der Waals surface area (Å²) in [5, 5.41) is 1.21. The number of terminal acetylenes is 1. The van der Waals surface area contributed by atoms with Crippen molar-refractivity contribution in [3.05, 3.63) is 34.4 Å². The molecule has 0 aliphatic rings. The number of benzene rings is 1. The summed E-state index contributed by atoms with van der Waals surface area (Å²) in [6.07, 6.45) is 5.61. The Labute approximate surface area is 105 Å². The van der Waals surface area contributed by atoms with Crippen molar-refractivity contribution in [2.75, 3.05) is 0 Å². The minimum absolute atomic E-state index is 0.271. The molecule has 0 aliphatic heterocycles. The lowest BCUT2D eigenvalue weighted by atomic mass is 9.90. The first-order chi connectivity index (χ1) is 7.49. The van der Waals surface area contributed by atoms with Crippen molar-refractivity contribution in [3.8, 4) is 12.3 Å². The molecule has 0 fully saturated rings. The van der Waals surface area contributed by atoms with E-state index in [-0.39, 0.29) is 5.41 Å². The number of para-hydroxylation sites is 1. The number of hydrogen-bond donors (Lipinski definition) is 0. The predicted molar refractivity (Wildman–Crippen MR) is 72.5 cm³/mol. The molecule has 2 rings (SSSR count). The summed E-state index contributed by atoms with van der Waals surface area (Å²) >= 11 is 3.66. The van der Waals surface area contributed by atoms with Gasteiger partial charge in [-0.1, -0.05) is 24.1 Å². The highest BCUT2D eigenvalue weighted by Gasteiger charge is 2.26. The van der Waals surface area contributed by atoms with E-state index in [2.05, 4.69) is 59.4 Å². The van der Waals surface area contributed by atoms with Gasteiger partial charge in [0.25, 0.3) is 0 Å². The van der Waals surface area contributed by atoms with Gasteiger partial charge in [-0.2, -0.15) is 0 Å². The molecular weight excluding hydrogens is 262 g/mol. The van der Waals surface area contributed by atoms with Crippen LogP contribution < -0.4 is 0 Å². The molecule has 82 valence electrons. The average Bonchev–Trinajstić information content (AvgIpc) is 2.53. The molecule has 0 bridgehead atoms. The Bertz CT molecular complexity index is 546. The maximum absolute atomic E-state index is 5.61. The Morgan fingerprint density at radius 2 is 1.94 bits per heavy atom. The first-order valence-electron chi connectivity index (χ1n) is 5.20. The summed E-state index contributed by atoms with van der Waals surface area (Å²) in [6.45, 7) is 4.12. The van der Waals surface area contributed by atoms with Gasteiger partial charge < -0.3 is 4.57 Å². The standard InChI is InChI=1S/C14H14BrN/c1-5-14(2,3)13-12(15)10-8-6-7-9-11(10)16(13)4/h1,6-9H,2-4H3. The van der Waals surface area contributed by atoms with E-state index in [0.29, 0.717) is 0 Å². The van der Waals surface area contributed by atoms with Gasteiger partial charge in [0.1, 0.15) is 0 Å². The van der Waals surface area contributed by atoms with E-state index < -0.39 is 0 Å². The lowest BCUT2D eigenvalue weighted by molar-refractivity contribution is 0.632. The first-order valence-corrected chi connectivity index (χ1v) is 5.99. The normalized spacial score (nSPS) is 11.7. The molecule has 0 atom stereocenters. The monoisotopic (exact) mass is 275 g/mol. The topological polar surface area (TPSA) is 4.93 Å². The van der Waals surface area contributed by atoms with E-state index in [1.54, 1.807) is 0 Å². The molecule has 0 unspecified atom stereocenters. The van der Waals surface area contributed by atoms with Gasteiger partial charge in [-0.05, 0) is 35.8 Å². The third kappa shape index (κ3) is 1.47. The zero-order chi connectivity index (χ0) is 11.9. The summed E-state index contributed by atoms with van der Waals surface area (Å²) in [4.78, 5) is 0. The molecule has 0 saturated carbocycles.